The highest BCUT2D eigenvalue weighted by atomic mass is 32.2. The van der Waals surface area contributed by atoms with Gasteiger partial charge >= 0.3 is 0 Å². The van der Waals surface area contributed by atoms with Gasteiger partial charge in [-0.15, -0.1) is 11.3 Å². The van der Waals surface area contributed by atoms with Crippen LogP contribution in [0.1, 0.15) is 5.56 Å². The third-order valence-corrected chi connectivity index (χ3v) is 6.95. The average molecular weight is 408 g/mol. The number of nitrogens with zero attached hydrogens (tertiary/aromatic N) is 3. The minimum atomic E-state index is -3.90. The van der Waals surface area contributed by atoms with Gasteiger partial charge in [0, 0.05) is 26.2 Å². The maximum atomic E-state index is 13.8. The number of piperazine rings is 1. The van der Waals surface area contributed by atoms with E-state index in [1.807, 2.05) is 11.0 Å². The second-order valence-electron chi connectivity index (χ2n) is 5.93. The van der Waals surface area contributed by atoms with E-state index in [0.29, 0.717) is 23.7 Å². The number of anilines is 1. The Morgan fingerprint density at radius 1 is 1.22 bits per heavy atom. The van der Waals surface area contributed by atoms with Gasteiger partial charge in [-0.3, -0.25) is 9.69 Å². The van der Waals surface area contributed by atoms with Crippen molar-refractivity contribution < 1.29 is 17.6 Å². The smallest absolute Gasteiger partial charge is 0.246 e. The molecular formula is C17H17FN4O3S2. The predicted octanol–water partition coefficient (Wildman–Crippen LogP) is 1.70. The fourth-order valence-corrected chi connectivity index (χ4v) is 5.03. The van der Waals surface area contributed by atoms with Crippen molar-refractivity contribution in [1.29, 1.82) is 5.26 Å². The molecule has 0 bridgehead atoms. The molecule has 2 heterocycles. The van der Waals surface area contributed by atoms with E-state index in [-0.39, 0.29) is 30.4 Å². The summed E-state index contributed by atoms with van der Waals surface area (Å²) in [5.41, 5.74) is 0.411. The van der Waals surface area contributed by atoms with Crippen molar-refractivity contribution in [3.63, 3.8) is 0 Å². The molecule has 0 atom stereocenters. The first-order valence-electron chi connectivity index (χ1n) is 8.16. The van der Waals surface area contributed by atoms with E-state index in [1.165, 1.54) is 33.8 Å². The zero-order chi connectivity index (χ0) is 19.4. The molecule has 0 unspecified atom stereocenters. The lowest BCUT2D eigenvalue weighted by Gasteiger charge is -2.33. The molecule has 27 heavy (non-hydrogen) atoms. The topological polar surface area (TPSA) is 93.5 Å². The van der Waals surface area contributed by atoms with Crippen molar-refractivity contribution in [1.82, 2.24) is 9.21 Å². The predicted molar refractivity (Wildman–Crippen MR) is 99.3 cm³/mol. The molecule has 2 aromatic rings. The van der Waals surface area contributed by atoms with Crippen LogP contribution >= 0.6 is 11.3 Å². The SMILES string of the molecule is N#Cc1ccsc1NC(=O)CN1CCN(S(=O)(=O)c2ccccc2F)CC1. The van der Waals surface area contributed by atoms with Crippen LogP contribution in [0.4, 0.5) is 9.39 Å². The minimum absolute atomic E-state index is 0.0936. The van der Waals surface area contributed by atoms with Crippen molar-refractivity contribution in [2.75, 3.05) is 38.0 Å². The van der Waals surface area contributed by atoms with Gasteiger partial charge in [-0.1, -0.05) is 12.1 Å². The second-order valence-corrected chi connectivity index (χ2v) is 8.76. The van der Waals surface area contributed by atoms with Crippen LogP contribution in [-0.2, 0) is 14.8 Å². The third kappa shape index (κ3) is 4.33. The van der Waals surface area contributed by atoms with E-state index < -0.39 is 15.8 Å². The number of carbonyl (C=O) groups excluding carboxylic acids is 1. The zero-order valence-electron chi connectivity index (χ0n) is 14.3. The number of hydrogen-bond donors (Lipinski definition) is 1. The van der Waals surface area contributed by atoms with Crippen LogP contribution in [0.15, 0.2) is 40.6 Å². The van der Waals surface area contributed by atoms with Crippen molar-refractivity contribution in [2.24, 2.45) is 0 Å². The van der Waals surface area contributed by atoms with Gasteiger partial charge in [-0.05, 0) is 23.6 Å². The lowest BCUT2D eigenvalue weighted by atomic mass is 10.3. The van der Waals surface area contributed by atoms with E-state index in [0.717, 1.165) is 6.07 Å². The summed E-state index contributed by atoms with van der Waals surface area (Å²) in [7, 11) is -3.90. The summed E-state index contributed by atoms with van der Waals surface area (Å²) in [4.78, 5) is 13.6. The lowest BCUT2D eigenvalue weighted by molar-refractivity contribution is -0.117. The molecule has 142 valence electrons. The van der Waals surface area contributed by atoms with Crippen molar-refractivity contribution >= 4 is 32.3 Å². The molecule has 1 aliphatic heterocycles. The summed E-state index contributed by atoms with van der Waals surface area (Å²) >= 11 is 1.27. The van der Waals surface area contributed by atoms with E-state index in [1.54, 1.807) is 11.4 Å². The molecule has 1 amide bonds. The number of carbonyl (C=O) groups is 1. The van der Waals surface area contributed by atoms with Crippen LogP contribution in [0.3, 0.4) is 0 Å². The first-order valence-corrected chi connectivity index (χ1v) is 10.5. The number of benzene rings is 1. The van der Waals surface area contributed by atoms with Crippen LogP contribution in [0.5, 0.6) is 0 Å². The van der Waals surface area contributed by atoms with E-state index in [2.05, 4.69) is 5.32 Å². The van der Waals surface area contributed by atoms with Gasteiger partial charge in [0.25, 0.3) is 0 Å². The van der Waals surface area contributed by atoms with Gasteiger partial charge in [0.2, 0.25) is 15.9 Å². The monoisotopic (exact) mass is 408 g/mol. The van der Waals surface area contributed by atoms with Gasteiger partial charge in [-0.2, -0.15) is 9.57 Å². The standard InChI is InChI=1S/C17H17FN4O3S2/c18-14-3-1-2-4-15(14)27(24,25)22-8-6-21(7-9-22)12-16(23)20-17-13(11-19)5-10-26-17/h1-5,10H,6-9,12H2,(H,20,23). The highest BCUT2D eigenvalue weighted by Gasteiger charge is 2.30. The Bertz CT molecular complexity index is 976. The Balaban J connectivity index is 1.57. The molecule has 0 saturated carbocycles. The van der Waals surface area contributed by atoms with Crippen molar-refractivity contribution in [3.05, 3.63) is 47.1 Å². The quantitative estimate of drug-likeness (QED) is 0.813. The minimum Gasteiger partial charge on any atom is -0.315 e. The number of amides is 1. The first-order chi connectivity index (χ1) is 12.9. The molecule has 0 aliphatic carbocycles. The number of thiophene rings is 1. The van der Waals surface area contributed by atoms with Gasteiger partial charge in [0.15, 0.2) is 0 Å². The molecule has 1 aromatic carbocycles. The molecular weight excluding hydrogens is 391 g/mol. The van der Waals surface area contributed by atoms with Gasteiger partial charge in [-0.25, -0.2) is 12.8 Å². The normalized spacial score (nSPS) is 16.0. The summed E-state index contributed by atoms with van der Waals surface area (Å²) < 4.78 is 40.2. The maximum Gasteiger partial charge on any atom is 0.246 e. The van der Waals surface area contributed by atoms with Crippen molar-refractivity contribution in [3.8, 4) is 6.07 Å². The summed E-state index contributed by atoms with van der Waals surface area (Å²) in [6, 6.07) is 8.93. The number of nitrogens with one attached hydrogen (secondary N) is 1. The van der Waals surface area contributed by atoms with Crippen LogP contribution in [-0.4, -0.2) is 56.3 Å². The Kier molecular flexibility index (Phi) is 5.86. The first kappa shape index (κ1) is 19.4. The molecule has 1 saturated heterocycles. The molecule has 10 heteroatoms. The van der Waals surface area contributed by atoms with Gasteiger partial charge in [0.05, 0.1) is 12.1 Å². The maximum absolute atomic E-state index is 13.8. The molecule has 3 rings (SSSR count). The van der Waals surface area contributed by atoms with E-state index >= 15 is 0 Å². The third-order valence-electron chi connectivity index (χ3n) is 4.19. The number of sulfonamides is 1. The fourth-order valence-electron chi connectivity index (χ4n) is 2.78. The molecule has 1 N–H and O–H groups in total. The molecule has 1 aromatic heterocycles. The van der Waals surface area contributed by atoms with Crippen LogP contribution < -0.4 is 5.32 Å². The lowest BCUT2D eigenvalue weighted by Crippen LogP contribution is -2.50. The van der Waals surface area contributed by atoms with Crippen LogP contribution in [0.2, 0.25) is 0 Å². The number of halogens is 1. The highest BCUT2D eigenvalue weighted by molar-refractivity contribution is 7.89. The molecule has 7 nitrogen and oxygen atoms in total. The summed E-state index contributed by atoms with van der Waals surface area (Å²) in [5.74, 6) is -1.04. The number of nitriles is 1. The van der Waals surface area contributed by atoms with Gasteiger partial charge < -0.3 is 5.32 Å². The van der Waals surface area contributed by atoms with E-state index in [9.17, 15) is 17.6 Å². The van der Waals surface area contributed by atoms with Gasteiger partial charge in [0.1, 0.15) is 21.8 Å². The largest absolute Gasteiger partial charge is 0.315 e. The summed E-state index contributed by atoms with van der Waals surface area (Å²) in [5, 5.41) is 13.9. The Morgan fingerprint density at radius 2 is 1.93 bits per heavy atom. The molecule has 1 fully saturated rings. The zero-order valence-corrected chi connectivity index (χ0v) is 15.9. The average Bonchev–Trinajstić information content (AvgIpc) is 3.09. The number of hydrogen-bond acceptors (Lipinski definition) is 6. The second kappa shape index (κ2) is 8.14. The van der Waals surface area contributed by atoms with Crippen molar-refractivity contribution in [2.45, 2.75) is 4.90 Å². The fraction of sp³-hybridized carbons (Fsp3) is 0.294. The van der Waals surface area contributed by atoms with Crippen LogP contribution in [0.25, 0.3) is 0 Å². The summed E-state index contributed by atoms with van der Waals surface area (Å²) in [6.45, 7) is 1.16. The molecule has 0 radical (unpaired) electrons. The molecule has 1 aliphatic rings. The Morgan fingerprint density at radius 3 is 2.59 bits per heavy atom. The Hall–Kier alpha value is -2.32. The van der Waals surface area contributed by atoms with Crippen LogP contribution in [0, 0.1) is 17.1 Å². The molecule has 0 spiro atoms. The summed E-state index contributed by atoms with van der Waals surface area (Å²) in [6.07, 6.45) is 0. The highest BCUT2D eigenvalue weighted by Crippen LogP contribution is 2.22. The Labute approximate surface area is 160 Å². The number of rotatable bonds is 5. The van der Waals surface area contributed by atoms with E-state index in [4.69, 9.17) is 5.26 Å².